The van der Waals surface area contributed by atoms with Crippen LogP contribution >= 0.6 is 0 Å². The molecule has 0 bridgehead atoms. The molecule has 6 nitrogen and oxygen atoms in total. The van der Waals surface area contributed by atoms with Crippen LogP contribution in [-0.4, -0.2) is 56.5 Å². The van der Waals surface area contributed by atoms with Crippen molar-refractivity contribution in [3.8, 4) is 5.75 Å². The molecule has 0 amide bonds. The first-order valence-electron chi connectivity index (χ1n) is 9.84. The molecule has 1 aliphatic rings. The molecule has 30 heavy (non-hydrogen) atoms. The summed E-state index contributed by atoms with van der Waals surface area (Å²) in [6, 6.07) is 15.8. The van der Waals surface area contributed by atoms with Crippen LogP contribution in [0.15, 0.2) is 59.6 Å². The molecule has 1 saturated heterocycles. The summed E-state index contributed by atoms with van der Waals surface area (Å²) in [6.07, 6.45) is -3.82. The SMILES string of the molecule is NC(=NCCCN1CCN(c2ccccc2)CC1)Nc1ccc(OC(F)(F)F)cc1. The minimum Gasteiger partial charge on any atom is -0.406 e. The van der Waals surface area contributed by atoms with Crippen molar-refractivity contribution in [1.29, 1.82) is 0 Å². The molecule has 1 heterocycles. The monoisotopic (exact) mass is 421 g/mol. The molecular formula is C21H26F3N5O. The Balaban J connectivity index is 1.34. The lowest BCUT2D eigenvalue weighted by Crippen LogP contribution is -2.46. The summed E-state index contributed by atoms with van der Waals surface area (Å²) in [5.74, 6) is -0.0516. The predicted molar refractivity (Wildman–Crippen MR) is 113 cm³/mol. The summed E-state index contributed by atoms with van der Waals surface area (Å²) in [6.45, 7) is 5.56. The number of nitrogens with two attached hydrogens (primary N) is 1. The second-order valence-corrected chi connectivity index (χ2v) is 6.98. The van der Waals surface area contributed by atoms with Gasteiger partial charge in [-0.1, -0.05) is 18.2 Å². The highest BCUT2D eigenvalue weighted by Gasteiger charge is 2.30. The van der Waals surface area contributed by atoms with E-state index in [1.54, 1.807) is 0 Å². The first kappa shape index (κ1) is 21.8. The van der Waals surface area contributed by atoms with E-state index in [4.69, 9.17) is 5.73 Å². The third-order valence-corrected chi connectivity index (χ3v) is 4.77. The van der Waals surface area contributed by atoms with Gasteiger partial charge in [0, 0.05) is 50.6 Å². The van der Waals surface area contributed by atoms with Gasteiger partial charge in [-0.2, -0.15) is 0 Å². The van der Waals surface area contributed by atoms with Crippen molar-refractivity contribution in [2.24, 2.45) is 10.7 Å². The van der Waals surface area contributed by atoms with Crippen LogP contribution < -0.4 is 20.7 Å². The van der Waals surface area contributed by atoms with Gasteiger partial charge < -0.3 is 20.7 Å². The van der Waals surface area contributed by atoms with E-state index < -0.39 is 6.36 Å². The Morgan fingerprint density at radius 2 is 1.67 bits per heavy atom. The number of rotatable bonds is 7. The number of nitrogens with zero attached hydrogens (tertiary/aromatic N) is 3. The van der Waals surface area contributed by atoms with E-state index in [2.05, 4.69) is 49.1 Å². The Morgan fingerprint density at radius 1 is 1.00 bits per heavy atom. The van der Waals surface area contributed by atoms with Crippen LogP contribution in [0.3, 0.4) is 0 Å². The lowest BCUT2D eigenvalue weighted by Gasteiger charge is -2.36. The average Bonchev–Trinajstić information content (AvgIpc) is 2.73. The number of halogens is 3. The second kappa shape index (κ2) is 10.2. The Kier molecular flexibility index (Phi) is 7.40. The highest BCUT2D eigenvalue weighted by molar-refractivity contribution is 5.92. The van der Waals surface area contributed by atoms with Crippen molar-refractivity contribution in [2.75, 3.05) is 49.5 Å². The van der Waals surface area contributed by atoms with Crippen LogP contribution in [0.4, 0.5) is 24.5 Å². The third kappa shape index (κ3) is 7.14. The van der Waals surface area contributed by atoms with E-state index in [1.165, 1.54) is 30.0 Å². The van der Waals surface area contributed by atoms with Crippen LogP contribution in [0.2, 0.25) is 0 Å². The maximum absolute atomic E-state index is 12.2. The molecule has 0 saturated carbocycles. The van der Waals surface area contributed by atoms with Crippen molar-refractivity contribution >= 4 is 17.3 Å². The zero-order valence-corrected chi connectivity index (χ0v) is 16.6. The molecule has 0 radical (unpaired) electrons. The summed E-state index contributed by atoms with van der Waals surface area (Å²) in [7, 11) is 0. The Morgan fingerprint density at radius 3 is 2.30 bits per heavy atom. The van der Waals surface area contributed by atoms with Gasteiger partial charge in [-0.05, 0) is 42.8 Å². The molecule has 9 heteroatoms. The average molecular weight is 421 g/mol. The standard InChI is InChI=1S/C21H26F3N5O/c22-21(23,24)30-19-9-7-17(8-10-19)27-20(25)26-11-4-12-28-13-15-29(16-14-28)18-5-2-1-3-6-18/h1-3,5-10H,4,11-16H2,(H3,25,26,27). The molecule has 1 aliphatic heterocycles. The van der Waals surface area contributed by atoms with Crippen molar-refractivity contribution in [3.05, 3.63) is 54.6 Å². The number of aliphatic imine (C=N–C) groups is 1. The Labute approximate surface area is 174 Å². The highest BCUT2D eigenvalue weighted by Crippen LogP contribution is 2.23. The van der Waals surface area contributed by atoms with Crippen LogP contribution in [-0.2, 0) is 0 Å². The molecule has 2 aromatic carbocycles. The van der Waals surface area contributed by atoms with Gasteiger partial charge in [0.25, 0.3) is 0 Å². The number of anilines is 2. The molecule has 0 atom stereocenters. The van der Waals surface area contributed by atoms with Gasteiger partial charge in [-0.25, -0.2) is 0 Å². The molecule has 3 rings (SSSR count). The summed E-state index contributed by atoms with van der Waals surface area (Å²) < 4.78 is 40.4. The smallest absolute Gasteiger partial charge is 0.406 e. The number of hydrogen-bond donors (Lipinski definition) is 2. The normalized spacial score (nSPS) is 15.8. The minimum atomic E-state index is -4.70. The van der Waals surface area contributed by atoms with Gasteiger partial charge in [0.1, 0.15) is 5.75 Å². The summed E-state index contributed by atoms with van der Waals surface area (Å²) in [4.78, 5) is 9.09. The van der Waals surface area contributed by atoms with Crippen molar-refractivity contribution in [2.45, 2.75) is 12.8 Å². The number of alkyl halides is 3. The topological polar surface area (TPSA) is 66.1 Å². The van der Waals surface area contributed by atoms with E-state index in [9.17, 15) is 13.2 Å². The zero-order valence-electron chi connectivity index (χ0n) is 16.6. The number of benzene rings is 2. The Hall–Kier alpha value is -2.94. The maximum atomic E-state index is 12.2. The van der Waals surface area contributed by atoms with E-state index in [0.29, 0.717) is 12.2 Å². The van der Waals surface area contributed by atoms with Crippen LogP contribution in [0.1, 0.15) is 6.42 Å². The molecule has 162 valence electrons. The quantitative estimate of drug-likeness (QED) is 0.407. The molecule has 0 aliphatic carbocycles. The number of para-hydroxylation sites is 1. The maximum Gasteiger partial charge on any atom is 0.573 e. The van der Waals surface area contributed by atoms with Gasteiger partial charge in [0.2, 0.25) is 0 Å². The fourth-order valence-electron chi connectivity index (χ4n) is 3.29. The molecular weight excluding hydrogens is 395 g/mol. The van der Waals surface area contributed by atoms with Gasteiger partial charge in [-0.3, -0.25) is 9.89 Å². The van der Waals surface area contributed by atoms with Crippen LogP contribution in [0.5, 0.6) is 5.75 Å². The van der Waals surface area contributed by atoms with Crippen molar-refractivity contribution < 1.29 is 17.9 Å². The lowest BCUT2D eigenvalue weighted by atomic mass is 10.2. The van der Waals surface area contributed by atoms with Crippen molar-refractivity contribution in [3.63, 3.8) is 0 Å². The molecule has 0 spiro atoms. The first-order valence-corrected chi connectivity index (χ1v) is 9.84. The highest BCUT2D eigenvalue weighted by atomic mass is 19.4. The van der Waals surface area contributed by atoms with Gasteiger partial charge in [0.05, 0.1) is 0 Å². The van der Waals surface area contributed by atoms with E-state index in [-0.39, 0.29) is 11.7 Å². The Bertz CT molecular complexity index is 804. The van der Waals surface area contributed by atoms with Gasteiger partial charge in [0.15, 0.2) is 5.96 Å². The fraction of sp³-hybridized carbons (Fsp3) is 0.381. The summed E-state index contributed by atoms with van der Waals surface area (Å²) in [5, 5.41) is 2.87. The minimum absolute atomic E-state index is 0.230. The number of piperazine rings is 1. The second-order valence-electron chi connectivity index (χ2n) is 6.98. The van der Waals surface area contributed by atoms with Gasteiger partial charge in [-0.15, -0.1) is 13.2 Å². The molecule has 2 aromatic rings. The van der Waals surface area contributed by atoms with E-state index in [0.717, 1.165) is 39.1 Å². The molecule has 1 fully saturated rings. The predicted octanol–water partition coefficient (Wildman–Crippen LogP) is 3.52. The summed E-state index contributed by atoms with van der Waals surface area (Å²) in [5.41, 5.74) is 7.66. The zero-order chi connectivity index (χ0) is 21.4. The number of nitrogens with one attached hydrogen (secondary N) is 1. The largest absolute Gasteiger partial charge is 0.573 e. The number of hydrogen-bond acceptors (Lipinski definition) is 4. The fourth-order valence-corrected chi connectivity index (χ4v) is 3.29. The van der Waals surface area contributed by atoms with Crippen molar-refractivity contribution in [1.82, 2.24) is 4.90 Å². The van der Waals surface area contributed by atoms with Crippen LogP contribution in [0.25, 0.3) is 0 Å². The van der Waals surface area contributed by atoms with Gasteiger partial charge >= 0.3 is 6.36 Å². The first-order chi connectivity index (χ1) is 14.4. The third-order valence-electron chi connectivity index (χ3n) is 4.77. The number of guanidine groups is 1. The van der Waals surface area contributed by atoms with Crippen LogP contribution in [0, 0.1) is 0 Å². The van der Waals surface area contributed by atoms with E-state index >= 15 is 0 Å². The number of ether oxygens (including phenoxy) is 1. The summed E-state index contributed by atoms with van der Waals surface area (Å²) >= 11 is 0. The molecule has 0 aromatic heterocycles. The molecule has 0 unspecified atom stereocenters. The lowest BCUT2D eigenvalue weighted by molar-refractivity contribution is -0.274. The molecule has 3 N–H and O–H groups in total. The van der Waals surface area contributed by atoms with E-state index in [1.807, 2.05) is 6.07 Å².